The molecule has 98 valence electrons. The second-order valence-electron chi connectivity index (χ2n) is 4.25. The Labute approximate surface area is 118 Å². The van der Waals surface area contributed by atoms with E-state index in [-0.39, 0.29) is 6.04 Å². The third kappa shape index (κ3) is 2.32. The molecule has 1 unspecified atom stereocenters. The van der Waals surface area contributed by atoms with Crippen LogP contribution in [0.4, 0.5) is 0 Å². The summed E-state index contributed by atoms with van der Waals surface area (Å²) < 4.78 is 5.27. The lowest BCUT2D eigenvalue weighted by molar-refractivity contribution is 0.431. The van der Waals surface area contributed by atoms with Gasteiger partial charge in [-0.25, -0.2) is 4.98 Å². The average molecular weight is 292 g/mol. The maximum absolute atomic E-state index is 5.79. The van der Waals surface area contributed by atoms with Crippen LogP contribution in [0.25, 0.3) is 23.0 Å². The van der Waals surface area contributed by atoms with Crippen molar-refractivity contribution in [3.05, 3.63) is 26.7 Å². The van der Waals surface area contributed by atoms with Gasteiger partial charge in [0.15, 0.2) is 0 Å². The van der Waals surface area contributed by atoms with E-state index >= 15 is 0 Å². The van der Waals surface area contributed by atoms with Crippen molar-refractivity contribution < 1.29 is 4.52 Å². The predicted molar refractivity (Wildman–Crippen MR) is 76.1 cm³/mol. The molecule has 0 radical (unpaired) electrons. The molecule has 0 aliphatic carbocycles. The van der Waals surface area contributed by atoms with E-state index in [0.717, 1.165) is 16.1 Å². The highest BCUT2D eigenvalue weighted by Gasteiger charge is 2.16. The van der Waals surface area contributed by atoms with Gasteiger partial charge in [0.1, 0.15) is 10.7 Å². The normalized spacial score (nSPS) is 12.8. The average Bonchev–Trinajstić information content (AvgIpc) is 3.07. The molecule has 0 saturated carbocycles. The molecule has 2 N–H and O–H groups in total. The van der Waals surface area contributed by atoms with Gasteiger partial charge in [-0.05, 0) is 24.8 Å². The molecule has 3 aromatic rings. The van der Waals surface area contributed by atoms with Crippen LogP contribution in [-0.2, 0) is 0 Å². The first-order chi connectivity index (χ1) is 9.15. The minimum Gasteiger partial charge on any atom is -0.332 e. The highest BCUT2D eigenvalue weighted by atomic mass is 32.1. The van der Waals surface area contributed by atoms with Crippen LogP contribution in [0.1, 0.15) is 23.5 Å². The van der Waals surface area contributed by atoms with Crippen LogP contribution >= 0.6 is 22.7 Å². The molecule has 3 rings (SSSR count). The summed E-state index contributed by atoms with van der Waals surface area (Å²) in [6.45, 7) is 3.93. The zero-order valence-electron chi connectivity index (χ0n) is 10.5. The summed E-state index contributed by atoms with van der Waals surface area (Å²) in [6, 6.07) is -0.0831. The van der Waals surface area contributed by atoms with Crippen molar-refractivity contribution in [2.24, 2.45) is 5.73 Å². The monoisotopic (exact) mass is 292 g/mol. The number of thiazole rings is 1. The fourth-order valence-corrected chi connectivity index (χ4v) is 3.20. The van der Waals surface area contributed by atoms with Crippen LogP contribution in [0.5, 0.6) is 0 Å². The topological polar surface area (TPSA) is 77.8 Å². The molecule has 0 fully saturated rings. The maximum atomic E-state index is 5.79. The van der Waals surface area contributed by atoms with Crippen LogP contribution in [0.15, 0.2) is 20.7 Å². The zero-order chi connectivity index (χ0) is 13.4. The third-order valence-corrected chi connectivity index (χ3v) is 4.56. The van der Waals surface area contributed by atoms with E-state index in [2.05, 4.69) is 20.5 Å². The molecule has 0 spiro atoms. The molecular formula is C12H12N4OS2. The molecule has 19 heavy (non-hydrogen) atoms. The lowest BCUT2D eigenvalue weighted by Gasteiger charge is -1.95. The summed E-state index contributed by atoms with van der Waals surface area (Å²) in [5.41, 5.74) is 8.62. The van der Waals surface area contributed by atoms with Gasteiger partial charge in [-0.2, -0.15) is 16.3 Å². The van der Waals surface area contributed by atoms with Crippen molar-refractivity contribution in [2.45, 2.75) is 19.9 Å². The molecule has 7 heteroatoms. The van der Waals surface area contributed by atoms with Gasteiger partial charge < -0.3 is 10.3 Å². The van der Waals surface area contributed by atoms with Crippen molar-refractivity contribution in [3.63, 3.8) is 0 Å². The lowest BCUT2D eigenvalue weighted by Crippen LogP contribution is -2.03. The SMILES string of the molecule is Cc1cscc1-c1noc(-c2csc(C(C)N)n2)n1. The highest BCUT2D eigenvalue weighted by molar-refractivity contribution is 7.10. The van der Waals surface area contributed by atoms with Crippen LogP contribution in [0, 0.1) is 6.92 Å². The second kappa shape index (κ2) is 4.84. The summed E-state index contributed by atoms with van der Waals surface area (Å²) >= 11 is 3.12. The second-order valence-corrected chi connectivity index (χ2v) is 5.88. The fraction of sp³-hybridized carbons (Fsp3) is 0.250. The van der Waals surface area contributed by atoms with E-state index in [0.29, 0.717) is 17.4 Å². The van der Waals surface area contributed by atoms with E-state index < -0.39 is 0 Å². The Morgan fingerprint density at radius 1 is 1.26 bits per heavy atom. The van der Waals surface area contributed by atoms with Crippen LogP contribution in [0.3, 0.4) is 0 Å². The number of thiophene rings is 1. The Morgan fingerprint density at radius 3 is 2.74 bits per heavy atom. The predicted octanol–water partition coefficient (Wildman–Crippen LogP) is 3.25. The summed E-state index contributed by atoms with van der Waals surface area (Å²) in [6.07, 6.45) is 0. The molecular weight excluding hydrogens is 280 g/mol. The number of rotatable bonds is 3. The van der Waals surface area contributed by atoms with E-state index in [1.165, 1.54) is 11.3 Å². The van der Waals surface area contributed by atoms with Gasteiger partial charge in [0, 0.05) is 16.3 Å². The Kier molecular flexibility index (Phi) is 3.17. The van der Waals surface area contributed by atoms with Gasteiger partial charge in [-0.1, -0.05) is 5.16 Å². The summed E-state index contributed by atoms with van der Waals surface area (Å²) in [5.74, 6) is 1.04. The molecule has 3 aromatic heterocycles. The van der Waals surface area contributed by atoms with Crippen molar-refractivity contribution in [1.82, 2.24) is 15.1 Å². The van der Waals surface area contributed by atoms with Gasteiger partial charge >= 0.3 is 0 Å². The highest BCUT2D eigenvalue weighted by Crippen LogP contribution is 2.28. The van der Waals surface area contributed by atoms with Crippen LogP contribution in [-0.4, -0.2) is 15.1 Å². The van der Waals surface area contributed by atoms with Gasteiger partial charge in [0.05, 0.1) is 6.04 Å². The minimum atomic E-state index is -0.0831. The van der Waals surface area contributed by atoms with Gasteiger partial charge in [-0.3, -0.25) is 0 Å². The van der Waals surface area contributed by atoms with E-state index in [9.17, 15) is 0 Å². The molecule has 5 nitrogen and oxygen atoms in total. The van der Waals surface area contributed by atoms with Crippen LogP contribution in [0.2, 0.25) is 0 Å². The Balaban J connectivity index is 1.94. The Hall–Kier alpha value is -1.57. The molecule has 0 aliphatic heterocycles. The molecule has 0 aromatic carbocycles. The quantitative estimate of drug-likeness (QED) is 0.801. The first-order valence-electron chi connectivity index (χ1n) is 5.73. The van der Waals surface area contributed by atoms with Gasteiger partial charge in [0.2, 0.25) is 5.82 Å². The first kappa shape index (κ1) is 12.5. The number of aromatic nitrogens is 3. The van der Waals surface area contributed by atoms with E-state index in [1.807, 2.05) is 24.6 Å². The number of hydrogen-bond acceptors (Lipinski definition) is 7. The number of nitrogens with zero attached hydrogens (tertiary/aromatic N) is 3. The van der Waals surface area contributed by atoms with E-state index in [1.54, 1.807) is 11.3 Å². The lowest BCUT2D eigenvalue weighted by atomic mass is 10.2. The molecule has 1 atom stereocenters. The van der Waals surface area contributed by atoms with Crippen molar-refractivity contribution in [1.29, 1.82) is 0 Å². The van der Waals surface area contributed by atoms with Gasteiger partial charge in [-0.15, -0.1) is 11.3 Å². The van der Waals surface area contributed by atoms with Crippen LogP contribution < -0.4 is 5.73 Å². The number of nitrogens with two attached hydrogens (primary N) is 1. The summed E-state index contributed by atoms with van der Waals surface area (Å²) in [7, 11) is 0. The molecule has 0 aliphatic rings. The summed E-state index contributed by atoms with van der Waals surface area (Å²) in [5, 5.41) is 10.8. The molecule has 3 heterocycles. The number of hydrogen-bond donors (Lipinski definition) is 1. The Bertz CT molecular complexity index is 698. The standard InChI is InChI=1S/C12H12N4OS2/c1-6-3-18-4-8(6)10-15-11(17-16-10)9-5-19-12(14-9)7(2)13/h3-5,7H,13H2,1-2H3. The van der Waals surface area contributed by atoms with Crippen molar-refractivity contribution in [3.8, 4) is 23.0 Å². The molecule has 0 bridgehead atoms. The maximum Gasteiger partial charge on any atom is 0.277 e. The summed E-state index contributed by atoms with van der Waals surface area (Å²) in [4.78, 5) is 8.79. The first-order valence-corrected chi connectivity index (χ1v) is 7.55. The number of aryl methyl sites for hydroxylation is 1. The molecule has 0 saturated heterocycles. The third-order valence-electron chi connectivity index (χ3n) is 2.65. The molecule has 0 amide bonds. The van der Waals surface area contributed by atoms with E-state index in [4.69, 9.17) is 10.3 Å². The zero-order valence-corrected chi connectivity index (χ0v) is 12.1. The largest absolute Gasteiger partial charge is 0.332 e. The van der Waals surface area contributed by atoms with Crippen molar-refractivity contribution >= 4 is 22.7 Å². The Morgan fingerprint density at radius 2 is 2.11 bits per heavy atom. The van der Waals surface area contributed by atoms with Gasteiger partial charge in [0.25, 0.3) is 5.89 Å². The van der Waals surface area contributed by atoms with Crippen molar-refractivity contribution in [2.75, 3.05) is 0 Å². The fourth-order valence-electron chi connectivity index (χ4n) is 1.62. The smallest absolute Gasteiger partial charge is 0.277 e. The minimum absolute atomic E-state index is 0.0831.